The first-order chi connectivity index (χ1) is 7.51. The molecule has 0 heterocycles. The van der Waals surface area contributed by atoms with Crippen LogP contribution in [0.5, 0.6) is 0 Å². The highest BCUT2D eigenvalue weighted by Crippen LogP contribution is 2.05. The molecule has 0 aliphatic rings. The Morgan fingerprint density at radius 2 is 2.00 bits per heavy atom. The summed E-state index contributed by atoms with van der Waals surface area (Å²) in [5.74, 6) is 0.399. The maximum atomic E-state index is 11.6. The Bertz CT molecular complexity index is 231. The summed E-state index contributed by atoms with van der Waals surface area (Å²) >= 11 is 0. The molecule has 0 fully saturated rings. The maximum Gasteiger partial charge on any atom is 0.222 e. The van der Waals surface area contributed by atoms with Gasteiger partial charge in [-0.3, -0.25) is 9.59 Å². The van der Waals surface area contributed by atoms with Crippen molar-refractivity contribution < 1.29 is 9.59 Å². The van der Waals surface area contributed by atoms with Gasteiger partial charge < -0.3 is 16.0 Å². The van der Waals surface area contributed by atoms with E-state index in [0.29, 0.717) is 31.8 Å². The molecule has 94 valence electrons. The van der Waals surface area contributed by atoms with Gasteiger partial charge in [-0.2, -0.15) is 0 Å². The second-order valence-corrected chi connectivity index (χ2v) is 4.12. The Hall–Kier alpha value is -1.10. The number of nitrogens with zero attached hydrogens (tertiary/aromatic N) is 1. The van der Waals surface area contributed by atoms with Crippen LogP contribution in [-0.4, -0.2) is 43.9 Å². The van der Waals surface area contributed by atoms with Gasteiger partial charge in [-0.25, -0.2) is 0 Å². The van der Waals surface area contributed by atoms with Crippen molar-refractivity contribution in [1.29, 1.82) is 0 Å². The monoisotopic (exact) mass is 229 g/mol. The highest BCUT2D eigenvalue weighted by molar-refractivity contribution is 5.78. The number of nitrogens with one attached hydrogen (secondary N) is 1. The van der Waals surface area contributed by atoms with Crippen molar-refractivity contribution in [3.05, 3.63) is 0 Å². The second kappa shape index (κ2) is 8.10. The minimum absolute atomic E-state index is 0.0463. The molecule has 0 saturated heterocycles. The molecule has 0 saturated carbocycles. The summed E-state index contributed by atoms with van der Waals surface area (Å²) < 4.78 is 0. The third-order valence-corrected chi connectivity index (χ3v) is 2.63. The van der Waals surface area contributed by atoms with Gasteiger partial charge in [0.2, 0.25) is 11.8 Å². The van der Waals surface area contributed by atoms with E-state index in [1.54, 1.807) is 19.0 Å². The predicted octanol–water partition coefficient (Wildman–Crippen LogP) is -0.0441. The average Bonchev–Trinajstić information content (AvgIpc) is 2.31. The van der Waals surface area contributed by atoms with Crippen LogP contribution in [0, 0.1) is 5.92 Å². The fourth-order valence-electron chi connectivity index (χ4n) is 1.20. The molecule has 2 amide bonds. The van der Waals surface area contributed by atoms with Crippen molar-refractivity contribution in [2.45, 2.75) is 26.2 Å². The van der Waals surface area contributed by atoms with Gasteiger partial charge in [-0.05, 0) is 18.9 Å². The van der Waals surface area contributed by atoms with Crippen molar-refractivity contribution in [2.75, 3.05) is 27.2 Å². The fraction of sp³-hybridized carbons (Fsp3) is 0.818. The molecular weight excluding hydrogens is 206 g/mol. The van der Waals surface area contributed by atoms with Crippen LogP contribution in [0.15, 0.2) is 0 Å². The quantitative estimate of drug-likeness (QED) is 0.643. The normalized spacial score (nSPS) is 12.0. The van der Waals surface area contributed by atoms with Crippen molar-refractivity contribution in [3.8, 4) is 0 Å². The zero-order valence-corrected chi connectivity index (χ0v) is 10.5. The Balaban J connectivity index is 3.77. The van der Waals surface area contributed by atoms with E-state index in [1.165, 1.54) is 0 Å². The van der Waals surface area contributed by atoms with E-state index in [9.17, 15) is 9.59 Å². The molecule has 5 heteroatoms. The van der Waals surface area contributed by atoms with E-state index in [2.05, 4.69) is 5.32 Å². The van der Waals surface area contributed by atoms with Crippen LogP contribution in [-0.2, 0) is 9.59 Å². The summed E-state index contributed by atoms with van der Waals surface area (Å²) in [4.78, 5) is 24.2. The van der Waals surface area contributed by atoms with E-state index in [4.69, 9.17) is 5.73 Å². The molecule has 1 atom stereocenters. The molecule has 0 bridgehead atoms. The first-order valence-corrected chi connectivity index (χ1v) is 5.65. The molecule has 16 heavy (non-hydrogen) atoms. The summed E-state index contributed by atoms with van der Waals surface area (Å²) in [5.41, 5.74) is 5.47. The van der Waals surface area contributed by atoms with Crippen LogP contribution < -0.4 is 11.1 Å². The summed E-state index contributed by atoms with van der Waals surface area (Å²) in [6, 6.07) is 0. The molecule has 0 radical (unpaired) electrons. The number of rotatable bonds is 7. The molecule has 3 N–H and O–H groups in total. The van der Waals surface area contributed by atoms with E-state index < -0.39 is 0 Å². The topological polar surface area (TPSA) is 75.4 Å². The van der Waals surface area contributed by atoms with Crippen LogP contribution in [0.2, 0.25) is 0 Å². The molecule has 0 spiro atoms. The Morgan fingerprint density at radius 1 is 1.38 bits per heavy atom. The lowest BCUT2D eigenvalue weighted by Crippen LogP contribution is -2.31. The molecular formula is C11H23N3O2. The molecule has 0 aromatic carbocycles. The summed E-state index contributed by atoms with van der Waals surface area (Å²) in [5, 5.41) is 2.53. The molecule has 1 unspecified atom stereocenters. The van der Waals surface area contributed by atoms with Gasteiger partial charge >= 0.3 is 0 Å². The molecule has 0 aliphatic heterocycles. The van der Waals surface area contributed by atoms with Crippen LogP contribution in [0.25, 0.3) is 0 Å². The molecule has 0 aliphatic carbocycles. The average molecular weight is 229 g/mol. The predicted molar refractivity (Wildman–Crippen MR) is 63.8 cm³/mol. The van der Waals surface area contributed by atoms with Crippen molar-refractivity contribution in [3.63, 3.8) is 0 Å². The van der Waals surface area contributed by atoms with Gasteiger partial charge in [0.25, 0.3) is 0 Å². The lowest BCUT2D eigenvalue weighted by Gasteiger charge is -2.17. The zero-order chi connectivity index (χ0) is 12.6. The van der Waals surface area contributed by atoms with Crippen molar-refractivity contribution >= 4 is 11.8 Å². The second-order valence-electron chi connectivity index (χ2n) is 4.12. The van der Waals surface area contributed by atoms with Gasteiger partial charge in [0.05, 0.1) is 0 Å². The first-order valence-electron chi connectivity index (χ1n) is 5.65. The standard InChI is InChI=1S/C11H23N3O2/c1-9(8-12)4-5-11(16)14(3)7-6-10(15)13-2/h9H,4-8,12H2,1-3H3,(H,13,15). The molecule has 5 nitrogen and oxygen atoms in total. The van der Waals surface area contributed by atoms with Crippen LogP contribution in [0.3, 0.4) is 0 Å². The van der Waals surface area contributed by atoms with Crippen molar-refractivity contribution in [2.24, 2.45) is 11.7 Å². The van der Waals surface area contributed by atoms with Crippen LogP contribution in [0.4, 0.5) is 0 Å². The number of hydrogen-bond acceptors (Lipinski definition) is 3. The first kappa shape index (κ1) is 14.9. The van der Waals surface area contributed by atoms with Gasteiger partial charge in [-0.1, -0.05) is 6.92 Å². The van der Waals surface area contributed by atoms with Gasteiger partial charge in [0.15, 0.2) is 0 Å². The maximum absolute atomic E-state index is 11.6. The van der Waals surface area contributed by atoms with E-state index in [0.717, 1.165) is 6.42 Å². The van der Waals surface area contributed by atoms with Gasteiger partial charge in [0, 0.05) is 33.5 Å². The lowest BCUT2D eigenvalue weighted by atomic mass is 10.1. The third kappa shape index (κ3) is 6.40. The Morgan fingerprint density at radius 3 is 2.50 bits per heavy atom. The molecule has 0 aromatic rings. The SMILES string of the molecule is CNC(=O)CCN(C)C(=O)CCC(C)CN. The highest BCUT2D eigenvalue weighted by atomic mass is 16.2. The Kier molecular flexibility index (Phi) is 7.54. The zero-order valence-electron chi connectivity index (χ0n) is 10.5. The lowest BCUT2D eigenvalue weighted by molar-refractivity contribution is -0.130. The third-order valence-electron chi connectivity index (χ3n) is 2.63. The minimum atomic E-state index is -0.0463. The molecule has 0 rings (SSSR count). The van der Waals surface area contributed by atoms with Gasteiger partial charge in [0.1, 0.15) is 0 Å². The van der Waals surface area contributed by atoms with E-state index >= 15 is 0 Å². The highest BCUT2D eigenvalue weighted by Gasteiger charge is 2.11. The summed E-state index contributed by atoms with van der Waals surface area (Å²) in [7, 11) is 3.31. The van der Waals surface area contributed by atoms with Crippen LogP contribution >= 0.6 is 0 Å². The number of nitrogens with two attached hydrogens (primary N) is 1. The minimum Gasteiger partial charge on any atom is -0.359 e. The molecule has 0 aromatic heterocycles. The number of carbonyl (C=O) groups is 2. The summed E-state index contributed by atoms with van der Waals surface area (Å²) in [6.45, 7) is 3.10. The van der Waals surface area contributed by atoms with Gasteiger partial charge in [-0.15, -0.1) is 0 Å². The summed E-state index contributed by atoms with van der Waals surface area (Å²) in [6.07, 6.45) is 1.66. The van der Waals surface area contributed by atoms with E-state index in [1.807, 2.05) is 6.92 Å². The Labute approximate surface area is 97.4 Å². The van der Waals surface area contributed by atoms with Crippen LogP contribution in [0.1, 0.15) is 26.2 Å². The smallest absolute Gasteiger partial charge is 0.222 e. The number of amides is 2. The number of carbonyl (C=O) groups excluding carboxylic acids is 2. The largest absolute Gasteiger partial charge is 0.359 e. The fourth-order valence-corrected chi connectivity index (χ4v) is 1.20. The van der Waals surface area contributed by atoms with E-state index in [-0.39, 0.29) is 11.8 Å². The number of hydrogen-bond donors (Lipinski definition) is 2. The van der Waals surface area contributed by atoms with Crippen molar-refractivity contribution in [1.82, 2.24) is 10.2 Å².